The van der Waals surface area contributed by atoms with Crippen molar-refractivity contribution in [3.63, 3.8) is 0 Å². The van der Waals surface area contributed by atoms with E-state index in [4.69, 9.17) is 0 Å². The lowest BCUT2D eigenvalue weighted by atomic mass is 9.99. The second-order valence-electron chi connectivity index (χ2n) is 7.56. The van der Waals surface area contributed by atoms with Crippen molar-refractivity contribution in [2.45, 2.75) is 26.3 Å². The lowest BCUT2D eigenvalue weighted by Crippen LogP contribution is -2.34. The number of hydrogen-bond donors (Lipinski definition) is 0. The van der Waals surface area contributed by atoms with Gasteiger partial charge in [-0.2, -0.15) is 0 Å². The molecule has 0 saturated carbocycles. The van der Waals surface area contributed by atoms with Gasteiger partial charge in [0.1, 0.15) is 12.1 Å². The summed E-state index contributed by atoms with van der Waals surface area (Å²) in [5.74, 6) is 1.85. The van der Waals surface area contributed by atoms with Crippen molar-refractivity contribution in [1.29, 1.82) is 0 Å². The molecule has 2 aromatic heterocycles. The van der Waals surface area contributed by atoms with E-state index in [2.05, 4.69) is 21.9 Å². The van der Waals surface area contributed by atoms with Crippen LogP contribution in [-0.4, -0.2) is 33.0 Å². The van der Waals surface area contributed by atoms with Crippen LogP contribution in [0.4, 0.5) is 23.1 Å². The van der Waals surface area contributed by atoms with Crippen LogP contribution in [0.15, 0.2) is 61.1 Å². The molecule has 8 heteroatoms. The molecule has 0 unspecified atom stereocenters. The average molecular weight is 404 g/mol. The molecule has 1 aromatic carbocycles. The van der Waals surface area contributed by atoms with Crippen LogP contribution in [0.25, 0.3) is 0 Å². The Bertz CT molecular complexity index is 991. The predicted molar refractivity (Wildman–Crippen MR) is 116 cm³/mol. The zero-order chi connectivity index (χ0) is 20.9. The number of benzene rings is 1. The van der Waals surface area contributed by atoms with Gasteiger partial charge in [-0.1, -0.05) is 43.3 Å². The molecule has 30 heavy (non-hydrogen) atoms. The van der Waals surface area contributed by atoms with Crippen LogP contribution >= 0.6 is 0 Å². The van der Waals surface area contributed by atoms with Crippen molar-refractivity contribution in [1.82, 2.24) is 15.0 Å². The molecule has 0 N–H and O–H groups in total. The summed E-state index contributed by atoms with van der Waals surface area (Å²) in [5.41, 5.74) is 0.929. The van der Waals surface area contributed by atoms with Crippen LogP contribution in [0, 0.1) is 16.0 Å². The number of pyridine rings is 1. The van der Waals surface area contributed by atoms with Crippen LogP contribution < -0.4 is 9.80 Å². The highest BCUT2D eigenvalue weighted by molar-refractivity contribution is 5.75. The molecule has 1 saturated heterocycles. The Kier molecular flexibility index (Phi) is 5.83. The first-order valence-corrected chi connectivity index (χ1v) is 10.1. The lowest BCUT2D eigenvalue weighted by molar-refractivity contribution is -0.383. The van der Waals surface area contributed by atoms with E-state index in [0.717, 1.165) is 31.5 Å². The van der Waals surface area contributed by atoms with Crippen molar-refractivity contribution in [3.8, 4) is 0 Å². The van der Waals surface area contributed by atoms with Crippen LogP contribution in [0.5, 0.6) is 0 Å². The van der Waals surface area contributed by atoms with Crippen LogP contribution in [-0.2, 0) is 6.54 Å². The Morgan fingerprint density at radius 3 is 2.47 bits per heavy atom. The molecule has 0 spiro atoms. The van der Waals surface area contributed by atoms with Gasteiger partial charge in [0.05, 0.1) is 11.5 Å². The zero-order valence-electron chi connectivity index (χ0n) is 16.9. The Labute approximate surface area is 175 Å². The van der Waals surface area contributed by atoms with Crippen molar-refractivity contribution < 1.29 is 4.92 Å². The zero-order valence-corrected chi connectivity index (χ0v) is 16.9. The van der Waals surface area contributed by atoms with E-state index in [0.29, 0.717) is 24.1 Å². The largest absolute Gasteiger partial charge is 0.354 e. The summed E-state index contributed by atoms with van der Waals surface area (Å²) in [5, 5.41) is 12.2. The molecule has 0 amide bonds. The molecule has 3 heterocycles. The van der Waals surface area contributed by atoms with Gasteiger partial charge in [0.25, 0.3) is 0 Å². The third-order valence-corrected chi connectivity index (χ3v) is 5.41. The number of aromatic nitrogens is 3. The van der Waals surface area contributed by atoms with Gasteiger partial charge in [0.2, 0.25) is 11.6 Å². The Morgan fingerprint density at radius 1 is 1.07 bits per heavy atom. The fourth-order valence-corrected chi connectivity index (χ4v) is 3.72. The molecule has 0 aliphatic carbocycles. The highest BCUT2D eigenvalue weighted by atomic mass is 16.6. The minimum Gasteiger partial charge on any atom is -0.351 e. The summed E-state index contributed by atoms with van der Waals surface area (Å²) in [4.78, 5) is 28.7. The predicted octanol–water partition coefficient (Wildman–Crippen LogP) is 4.35. The molecule has 0 radical (unpaired) electrons. The van der Waals surface area contributed by atoms with Crippen molar-refractivity contribution in [2.75, 3.05) is 22.9 Å². The molecule has 1 fully saturated rings. The molecule has 154 valence electrons. The van der Waals surface area contributed by atoms with E-state index in [9.17, 15) is 10.1 Å². The van der Waals surface area contributed by atoms with Gasteiger partial charge < -0.3 is 9.80 Å². The van der Waals surface area contributed by atoms with Crippen molar-refractivity contribution >= 4 is 23.1 Å². The first-order chi connectivity index (χ1) is 14.6. The molecular formula is C22H24N6O2. The minimum atomic E-state index is -0.371. The topological polar surface area (TPSA) is 88.3 Å². The number of piperidine rings is 1. The van der Waals surface area contributed by atoms with Crippen LogP contribution in [0.1, 0.15) is 25.3 Å². The summed E-state index contributed by atoms with van der Waals surface area (Å²) in [6, 6.07) is 15.3. The molecule has 1 aliphatic rings. The fraction of sp³-hybridized carbons (Fsp3) is 0.318. The number of anilines is 3. The lowest BCUT2D eigenvalue weighted by Gasteiger charge is -2.31. The smallest absolute Gasteiger partial charge is 0.351 e. The van der Waals surface area contributed by atoms with E-state index >= 15 is 0 Å². The highest BCUT2D eigenvalue weighted by Gasteiger charge is 2.32. The van der Waals surface area contributed by atoms with E-state index in [1.807, 2.05) is 53.4 Å². The van der Waals surface area contributed by atoms with Gasteiger partial charge in [0, 0.05) is 19.3 Å². The van der Waals surface area contributed by atoms with Crippen LogP contribution in [0.2, 0.25) is 0 Å². The number of nitro groups is 1. The van der Waals surface area contributed by atoms with E-state index in [-0.39, 0.29) is 16.4 Å². The first-order valence-electron chi connectivity index (χ1n) is 10.1. The molecule has 1 aliphatic heterocycles. The summed E-state index contributed by atoms with van der Waals surface area (Å²) in [6.45, 7) is 4.12. The van der Waals surface area contributed by atoms with Crippen LogP contribution in [0.3, 0.4) is 0 Å². The molecule has 4 rings (SSSR count). The Morgan fingerprint density at radius 2 is 1.80 bits per heavy atom. The SMILES string of the molecule is CC1CCN(c2ncnc(N(Cc3ccccc3)c3ccccn3)c2[N+](=O)[O-])CC1. The molecule has 3 aromatic rings. The normalized spacial score (nSPS) is 14.5. The quantitative estimate of drug-likeness (QED) is 0.446. The number of rotatable bonds is 6. The minimum absolute atomic E-state index is 0.0753. The maximum atomic E-state index is 12.2. The van der Waals surface area contributed by atoms with E-state index in [1.165, 1.54) is 6.33 Å². The summed E-state index contributed by atoms with van der Waals surface area (Å²) in [6.07, 6.45) is 5.07. The maximum Gasteiger partial charge on any atom is 0.354 e. The fourth-order valence-electron chi connectivity index (χ4n) is 3.72. The first kappa shape index (κ1) is 19.8. The van der Waals surface area contributed by atoms with Gasteiger partial charge in [0.15, 0.2) is 0 Å². The third kappa shape index (κ3) is 4.22. The van der Waals surface area contributed by atoms with Gasteiger partial charge in [-0.15, -0.1) is 0 Å². The molecule has 8 nitrogen and oxygen atoms in total. The van der Waals surface area contributed by atoms with Gasteiger partial charge in [-0.25, -0.2) is 15.0 Å². The third-order valence-electron chi connectivity index (χ3n) is 5.41. The summed E-state index contributed by atoms with van der Waals surface area (Å²) in [7, 11) is 0. The second-order valence-corrected chi connectivity index (χ2v) is 7.56. The standard InChI is InChI=1S/C22H24N6O2/c1-17-10-13-26(14-11-17)21-20(28(29)30)22(25-16-24-21)27(19-9-5-6-12-23-19)15-18-7-3-2-4-8-18/h2-9,12,16-17H,10-11,13-15H2,1H3. The number of nitrogens with zero attached hydrogens (tertiary/aromatic N) is 6. The van der Waals surface area contributed by atoms with Crippen molar-refractivity contribution in [3.05, 3.63) is 76.7 Å². The molecular weight excluding hydrogens is 380 g/mol. The van der Waals surface area contributed by atoms with Gasteiger partial charge in [-0.05, 0) is 36.5 Å². The summed E-state index contributed by atoms with van der Waals surface area (Å²) >= 11 is 0. The molecule has 0 bridgehead atoms. The van der Waals surface area contributed by atoms with E-state index < -0.39 is 0 Å². The maximum absolute atomic E-state index is 12.2. The van der Waals surface area contributed by atoms with Gasteiger partial charge in [-0.3, -0.25) is 10.1 Å². The second kappa shape index (κ2) is 8.86. The van der Waals surface area contributed by atoms with Gasteiger partial charge >= 0.3 is 5.69 Å². The summed E-state index contributed by atoms with van der Waals surface area (Å²) < 4.78 is 0. The Balaban J connectivity index is 1.80. The average Bonchev–Trinajstić information content (AvgIpc) is 2.79. The number of hydrogen-bond acceptors (Lipinski definition) is 7. The monoisotopic (exact) mass is 404 g/mol. The Hall–Kier alpha value is -3.55. The molecule has 0 atom stereocenters. The van der Waals surface area contributed by atoms with E-state index in [1.54, 1.807) is 11.1 Å². The van der Waals surface area contributed by atoms with Crippen molar-refractivity contribution in [2.24, 2.45) is 5.92 Å². The highest BCUT2D eigenvalue weighted by Crippen LogP contribution is 2.38.